The molecule has 2 N–H and O–H groups in total. The Hall–Kier alpha value is -2.52. The van der Waals surface area contributed by atoms with Crippen LogP contribution in [0, 0.1) is 5.82 Å². The molecule has 1 unspecified atom stereocenters. The van der Waals surface area contributed by atoms with Gasteiger partial charge in [0.1, 0.15) is 5.82 Å². The van der Waals surface area contributed by atoms with Crippen LogP contribution in [0.15, 0.2) is 36.4 Å². The fourth-order valence-electron chi connectivity index (χ4n) is 3.27. The standard InChI is InChI=1S/C18H17ClFNO2.C2HF3O2/c19-12-4-5-14(15(20)10-12)18-22-16-3-1-2-13(17(16)23-18)11-6-8-21-9-7-11;3-2(4,5)1(6)7/h1-5,10-11,18,21H,6-9H2;(H,6,7). The quantitative estimate of drug-likeness (QED) is 0.631. The number of rotatable bonds is 2. The van der Waals surface area contributed by atoms with Gasteiger partial charge in [0.25, 0.3) is 6.29 Å². The second-order valence-corrected chi connectivity index (χ2v) is 7.17. The van der Waals surface area contributed by atoms with Crippen molar-refractivity contribution < 1.29 is 36.9 Å². The highest BCUT2D eigenvalue weighted by Crippen LogP contribution is 2.47. The molecule has 0 spiro atoms. The summed E-state index contributed by atoms with van der Waals surface area (Å²) in [7, 11) is 0. The van der Waals surface area contributed by atoms with Gasteiger partial charge < -0.3 is 19.9 Å². The molecule has 0 amide bonds. The number of hydrogen-bond acceptors (Lipinski definition) is 4. The van der Waals surface area contributed by atoms with Gasteiger partial charge in [0.05, 0.1) is 5.56 Å². The minimum Gasteiger partial charge on any atom is -0.475 e. The lowest BCUT2D eigenvalue weighted by molar-refractivity contribution is -0.192. The molecule has 2 aromatic rings. The van der Waals surface area contributed by atoms with Crippen molar-refractivity contribution >= 4 is 17.6 Å². The number of hydrogen-bond donors (Lipinski definition) is 2. The molecule has 2 heterocycles. The van der Waals surface area contributed by atoms with Gasteiger partial charge in [0.15, 0.2) is 11.5 Å². The maximum Gasteiger partial charge on any atom is 0.490 e. The van der Waals surface area contributed by atoms with Gasteiger partial charge in [-0.3, -0.25) is 0 Å². The molecule has 0 saturated carbocycles. The number of carboxylic acid groups (broad SMARTS) is 1. The van der Waals surface area contributed by atoms with Crippen LogP contribution in [0.3, 0.4) is 0 Å². The Morgan fingerprint density at radius 1 is 1.10 bits per heavy atom. The molecule has 1 fully saturated rings. The van der Waals surface area contributed by atoms with Crippen LogP contribution in [0.5, 0.6) is 11.5 Å². The predicted molar refractivity (Wildman–Crippen MR) is 100 cm³/mol. The fourth-order valence-corrected chi connectivity index (χ4v) is 3.43. The minimum atomic E-state index is -5.08. The lowest BCUT2D eigenvalue weighted by Crippen LogP contribution is -2.26. The topological polar surface area (TPSA) is 67.8 Å². The summed E-state index contributed by atoms with van der Waals surface area (Å²) in [4.78, 5) is 8.90. The third-order valence-electron chi connectivity index (χ3n) is 4.71. The molecule has 5 nitrogen and oxygen atoms in total. The van der Waals surface area contributed by atoms with Crippen molar-refractivity contribution in [2.75, 3.05) is 13.1 Å². The van der Waals surface area contributed by atoms with Crippen LogP contribution in [-0.4, -0.2) is 30.3 Å². The Morgan fingerprint density at radius 2 is 1.77 bits per heavy atom. The molecule has 2 aromatic carbocycles. The number of fused-ring (bicyclic) bond motifs is 1. The number of alkyl halides is 3. The summed E-state index contributed by atoms with van der Waals surface area (Å²) in [5, 5.41) is 10.8. The van der Waals surface area contributed by atoms with Gasteiger partial charge in [0.2, 0.25) is 0 Å². The molecule has 4 rings (SSSR count). The molecule has 2 aliphatic heterocycles. The summed E-state index contributed by atoms with van der Waals surface area (Å²) in [5.41, 5.74) is 1.52. The van der Waals surface area contributed by atoms with E-state index in [1.807, 2.05) is 12.1 Å². The van der Waals surface area contributed by atoms with Crippen molar-refractivity contribution in [3.8, 4) is 11.5 Å². The third-order valence-corrected chi connectivity index (χ3v) is 4.94. The lowest BCUT2D eigenvalue weighted by Gasteiger charge is -2.24. The van der Waals surface area contributed by atoms with E-state index in [2.05, 4.69) is 11.4 Å². The van der Waals surface area contributed by atoms with Crippen LogP contribution in [0.4, 0.5) is 17.6 Å². The summed E-state index contributed by atoms with van der Waals surface area (Å²) in [5.74, 6) is -1.30. The number of piperidine rings is 1. The van der Waals surface area contributed by atoms with Crippen LogP contribution in [0.1, 0.15) is 36.2 Å². The van der Waals surface area contributed by atoms with Crippen molar-refractivity contribution in [3.05, 3.63) is 58.4 Å². The predicted octanol–water partition coefficient (Wildman–Crippen LogP) is 5.05. The highest BCUT2D eigenvalue weighted by Gasteiger charge is 2.38. The third kappa shape index (κ3) is 5.14. The van der Waals surface area contributed by atoms with E-state index in [1.165, 1.54) is 6.07 Å². The van der Waals surface area contributed by atoms with E-state index in [4.69, 9.17) is 31.0 Å². The van der Waals surface area contributed by atoms with Gasteiger partial charge in [-0.05, 0) is 56.1 Å². The molecular formula is C20H18ClF4NO4. The Kier molecular flexibility index (Phi) is 6.72. The Morgan fingerprint density at radius 3 is 2.37 bits per heavy atom. The zero-order chi connectivity index (χ0) is 21.9. The number of ether oxygens (including phenoxy) is 2. The molecule has 2 aliphatic rings. The van der Waals surface area contributed by atoms with Crippen LogP contribution in [-0.2, 0) is 4.79 Å². The number of aliphatic carboxylic acids is 1. The van der Waals surface area contributed by atoms with E-state index in [0.29, 0.717) is 22.3 Å². The van der Waals surface area contributed by atoms with Crippen molar-refractivity contribution in [1.29, 1.82) is 0 Å². The van der Waals surface area contributed by atoms with Gasteiger partial charge in [-0.2, -0.15) is 13.2 Å². The normalized spacial score (nSPS) is 18.5. The van der Waals surface area contributed by atoms with E-state index in [9.17, 15) is 17.6 Å². The van der Waals surface area contributed by atoms with Crippen LogP contribution < -0.4 is 14.8 Å². The van der Waals surface area contributed by atoms with E-state index >= 15 is 0 Å². The summed E-state index contributed by atoms with van der Waals surface area (Å²) >= 11 is 5.81. The highest BCUT2D eigenvalue weighted by molar-refractivity contribution is 6.30. The van der Waals surface area contributed by atoms with Gasteiger partial charge in [-0.15, -0.1) is 0 Å². The molecule has 0 aliphatic carbocycles. The van der Waals surface area contributed by atoms with Crippen molar-refractivity contribution in [2.24, 2.45) is 0 Å². The van der Waals surface area contributed by atoms with Gasteiger partial charge >= 0.3 is 12.1 Å². The smallest absolute Gasteiger partial charge is 0.475 e. The lowest BCUT2D eigenvalue weighted by atomic mass is 9.89. The SMILES string of the molecule is Fc1cc(Cl)ccc1C1Oc2cccc(C3CCNCC3)c2O1.O=C(O)C(F)(F)F. The first-order valence-corrected chi connectivity index (χ1v) is 9.46. The average molecular weight is 448 g/mol. The van der Waals surface area contributed by atoms with Crippen LogP contribution >= 0.6 is 11.6 Å². The second-order valence-electron chi connectivity index (χ2n) is 6.74. The Bertz CT molecular complexity index is 916. The fraction of sp³-hybridized carbons (Fsp3) is 0.350. The summed E-state index contributed by atoms with van der Waals surface area (Å²) in [6.07, 6.45) is -3.70. The average Bonchev–Trinajstić information content (AvgIpc) is 3.12. The number of carboxylic acids is 1. The number of carbonyl (C=O) groups is 1. The molecule has 162 valence electrons. The minimum absolute atomic E-state index is 0.358. The number of para-hydroxylation sites is 1. The van der Waals surface area contributed by atoms with Gasteiger partial charge in [-0.25, -0.2) is 9.18 Å². The maximum absolute atomic E-state index is 14.1. The number of halogens is 5. The molecule has 0 bridgehead atoms. The van der Waals surface area contributed by atoms with Crippen molar-refractivity contribution in [3.63, 3.8) is 0 Å². The van der Waals surface area contributed by atoms with Crippen molar-refractivity contribution in [1.82, 2.24) is 5.32 Å². The Labute approximate surface area is 174 Å². The first-order chi connectivity index (χ1) is 14.2. The van der Waals surface area contributed by atoms with E-state index in [-0.39, 0.29) is 0 Å². The van der Waals surface area contributed by atoms with Crippen molar-refractivity contribution in [2.45, 2.75) is 31.2 Å². The highest BCUT2D eigenvalue weighted by atomic mass is 35.5. The molecule has 10 heteroatoms. The van der Waals surface area contributed by atoms with E-state index in [0.717, 1.165) is 37.2 Å². The first-order valence-electron chi connectivity index (χ1n) is 9.09. The summed E-state index contributed by atoms with van der Waals surface area (Å²) in [6.45, 7) is 2.01. The molecule has 0 aromatic heterocycles. The van der Waals surface area contributed by atoms with Crippen LogP contribution in [0.25, 0.3) is 0 Å². The molecule has 0 radical (unpaired) electrons. The molecule has 1 saturated heterocycles. The summed E-state index contributed by atoms with van der Waals surface area (Å²) in [6, 6.07) is 10.5. The van der Waals surface area contributed by atoms with Gasteiger partial charge in [0, 0.05) is 10.6 Å². The zero-order valence-corrected chi connectivity index (χ0v) is 16.3. The zero-order valence-electron chi connectivity index (χ0n) is 15.5. The number of benzene rings is 2. The largest absolute Gasteiger partial charge is 0.490 e. The Balaban J connectivity index is 0.000000318. The van der Waals surface area contributed by atoms with Crippen LogP contribution in [0.2, 0.25) is 5.02 Å². The van der Waals surface area contributed by atoms with Gasteiger partial charge in [-0.1, -0.05) is 23.7 Å². The number of nitrogens with one attached hydrogen (secondary N) is 1. The first kappa shape index (κ1) is 22.2. The maximum atomic E-state index is 14.1. The molecule has 30 heavy (non-hydrogen) atoms. The van der Waals surface area contributed by atoms with E-state index in [1.54, 1.807) is 12.1 Å². The molecular weight excluding hydrogens is 430 g/mol. The molecule has 1 atom stereocenters. The van der Waals surface area contributed by atoms with E-state index < -0.39 is 24.3 Å². The second kappa shape index (κ2) is 9.09. The monoisotopic (exact) mass is 447 g/mol. The summed E-state index contributed by atoms with van der Waals surface area (Å²) < 4.78 is 57.7.